The Balaban J connectivity index is 2.13. The molecule has 0 amide bonds. The maximum atomic E-state index is 3.98. The Morgan fingerprint density at radius 2 is 2.12 bits per heavy atom. The average molecular weight is 241 g/mol. The summed E-state index contributed by atoms with van der Waals surface area (Å²) >= 11 is 2.23. The van der Waals surface area contributed by atoms with Crippen molar-refractivity contribution >= 4 is 11.8 Å². The van der Waals surface area contributed by atoms with E-state index >= 15 is 0 Å². The Morgan fingerprint density at radius 3 is 2.69 bits per heavy atom. The van der Waals surface area contributed by atoms with E-state index < -0.39 is 0 Å². The van der Waals surface area contributed by atoms with Gasteiger partial charge in [0.2, 0.25) is 0 Å². The standard InChI is InChI=1S/C14H27NS/c1-5-12-9-16-14(15-12)8-11(4)6-7-13(14)10(2)3/h10-13,15H,5-9H2,1-4H3. The lowest BCUT2D eigenvalue weighted by Crippen LogP contribution is -2.52. The zero-order valence-electron chi connectivity index (χ0n) is 11.3. The highest BCUT2D eigenvalue weighted by molar-refractivity contribution is 8.00. The van der Waals surface area contributed by atoms with E-state index in [2.05, 4.69) is 44.8 Å². The smallest absolute Gasteiger partial charge is 0.0681 e. The first-order valence-corrected chi connectivity index (χ1v) is 7.97. The monoisotopic (exact) mass is 241 g/mol. The summed E-state index contributed by atoms with van der Waals surface area (Å²) in [5.41, 5.74) is 0. The van der Waals surface area contributed by atoms with Crippen molar-refractivity contribution in [3.8, 4) is 0 Å². The zero-order chi connectivity index (χ0) is 11.8. The second kappa shape index (κ2) is 4.89. The molecule has 2 heteroatoms. The lowest BCUT2D eigenvalue weighted by atomic mass is 9.73. The van der Waals surface area contributed by atoms with Crippen LogP contribution < -0.4 is 5.32 Å². The molecule has 4 atom stereocenters. The molecule has 94 valence electrons. The zero-order valence-corrected chi connectivity index (χ0v) is 12.1. The Hall–Kier alpha value is 0.310. The first-order valence-electron chi connectivity index (χ1n) is 6.99. The fourth-order valence-electron chi connectivity index (χ4n) is 3.57. The molecule has 1 aliphatic carbocycles. The number of thioether (sulfide) groups is 1. The van der Waals surface area contributed by atoms with Crippen molar-refractivity contribution in [1.29, 1.82) is 0 Å². The second-order valence-electron chi connectivity index (χ2n) is 6.19. The molecule has 1 N–H and O–H groups in total. The molecule has 1 aliphatic heterocycles. The third-order valence-corrected chi connectivity index (χ3v) is 6.18. The highest BCUT2D eigenvalue weighted by atomic mass is 32.2. The van der Waals surface area contributed by atoms with Crippen molar-refractivity contribution in [3.63, 3.8) is 0 Å². The van der Waals surface area contributed by atoms with Gasteiger partial charge in [-0.05, 0) is 37.0 Å². The van der Waals surface area contributed by atoms with Crippen LogP contribution in [0.2, 0.25) is 0 Å². The molecule has 0 bridgehead atoms. The summed E-state index contributed by atoms with van der Waals surface area (Å²) in [6.45, 7) is 9.56. The van der Waals surface area contributed by atoms with E-state index in [9.17, 15) is 0 Å². The van der Waals surface area contributed by atoms with Gasteiger partial charge < -0.3 is 0 Å². The summed E-state index contributed by atoms with van der Waals surface area (Å²) in [7, 11) is 0. The van der Waals surface area contributed by atoms with Crippen LogP contribution in [0, 0.1) is 17.8 Å². The van der Waals surface area contributed by atoms with Crippen molar-refractivity contribution in [1.82, 2.24) is 5.32 Å². The van der Waals surface area contributed by atoms with Gasteiger partial charge in [0.05, 0.1) is 4.87 Å². The van der Waals surface area contributed by atoms with Gasteiger partial charge in [0.1, 0.15) is 0 Å². The van der Waals surface area contributed by atoms with Gasteiger partial charge in [-0.1, -0.05) is 34.1 Å². The third kappa shape index (κ3) is 2.28. The van der Waals surface area contributed by atoms with E-state index in [1.807, 2.05) is 0 Å². The Bertz CT molecular complexity index is 241. The first-order chi connectivity index (χ1) is 7.57. The van der Waals surface area contributed by atoms with E-state index in [0.717, 1.165) is 23.8 Å². The number of hydrogen-bond acceptors (Lipinski definition) is 2. The molecule has 1 heterocycles. The maximum Gasteiger partial charge on any atom is 0.0681 e. The summed E-state index contributed by atoms with van der Waals surface area (Å²) in [6, 6.07) is 0.761. The van der Waals surface area contributed by atoms with Crippen LogP contribution in [0.3, 0.4) is 0 Å². The van der Waals surface area contributed by atoms with E-state index in [-0.39, 0.29) is 0 Å². The predicted molar refractivity (Wildman–Crippen MR) is 73.7 cm³/mol. The summed E-state index contributed by atoms with van der Waals surface area (Å²) in [6.07, 6.45) is 5.53. The molecule has 1 saturated heterocycles. The first kappa shape index (κ1) is 12.8. The molecule has 2 fully saturated rings. The highest BCUT2D eigenvalue weighted by Gasteiger charge is 2.48. The molecule has 0 aromatic rings. The summed E-state index contributed by atoms with van der Waals surface area (Å²) < 4.78 is 0. The Kier molecular flexibility index (Phi) is 3.90. The van der Waals surface area contributed by atoms with Gasteiger partial charge in [-0.3, -0.25) is 5.32 Å². The molecule has 16 heavy (non-hydrogen) atoms. The molecular formula is C14H27NS. The SMILES string of the molecule is CCC1CSC2(CC(C)CCC2C(C)C)N1. The van der Waals surface area contributed by atoms with E-state index in [4.69, 9.17) is 0 Å². The quantitative estimate of drug-likeness (QED) is 0.787. The van der Waals surface area contributed by atoms with Crippen molar-refractivity contribution < 1.29 is 0 Å². The van der Waals surface area contributed by atoms with Crippen LogP contribution in [-0.4, -0.2) is 16.7 Å². The van der Waals surface area contributed by atoms with Crippen LogP contribution in [-0.2, 0) is 0 Å². The molecule has 1 spiro atoms. The predicted octanol–water partition coefficient (Wildman–Crippen LogP) is 3.89. The van der Waals surface area contributed by atoms with Crippen molar-refractivity contribution in [3.05, 3.63) is 0 Å². The molecule has 2 aliphatic rings. The van der Waals surface area contributed by atoms with Crippen LogP contribution in [0.1, 0.15) is 53.4 Å². The molecule has 1 nitrogen and oxygen atoms in total. The molecular weight excluding hydrogens is 214 g/mol. The van der Waals surface area contributed by atoms with Gasteiger partial charge >= 0.3 is 0 Å². The van der Waals surface area contributed by atoms with Crippen molar-refractivity contribution in [2.45, 2.75) is 64.3 Å². The largest absolute Gasteiger partial charge is 0.299 e. The lowest BCUT2D eigenvalue weighted by molar-refractivity contribution is 0.144. The van der Waals surface area contributed by atoms with Crippen LogP contribution in [0.25, 0.3) is 0 Å². The average Bonchev–Trinajstić information content (AvgIpc) is 2.61. The molecule has 0 aromatic heterocycles. The topological polar surface area (TPSA) is 12.0 Å². The fourth-order valence-corrected chi connectivity index (χ4v) is 5.64. The molecule has 2 rings (SSSR count). The number of rotatable bonds is 2. The molecule has 0 radical (unpaired) electrons. The Labute approximate surface area is 105 Å². The molecule has 0 aromatic carbocycles. The van der Waals surface area contributed by atoms with Crippen LogP contribution >= 0.6 is 11.8 Å². The molecule has 1 saturated carbocycles. The number of nitrogens with one attached hydrogen (secondary N) is 1. The van der Waals surface area contributed by atoms with E-state index in [1.165, 1.54) is 31.4 Å². The second-order valence-corrected chi connectivity index (χ2v) is 7.54. The minimum absolute atomic E-state index is 0.423. The molecule has 4 unspecified atom stereocenters. The van der Waals surface area contributed by atoms with Gasteiger partial charge in [-0.2, -0.15) is 0 Å². The van der Waals surface area contributed by atoms with E-state index in [1.54, 1.807) is 0 Å². The minimum atomic E-state index is 0.423. The lowest BCUT2D eigenvalue weighted by Gasteiger charge is -2.46. The van der Waals surface area contributed by atoms with Crippen molar-refractivity contribution in [2.75, 3.05) is 5.75 Å². The van der Waals surface area contributed by atoms with Gasteiger partial charge in [0, 0.05) is 11.8 Å². The summed E-state index contributed by atoms with van der Waals surface area (Å²) in [5.74, 6) is 3.94. The van der Waals surface area contributed by atoms with Gasteiger partial charge in [-0.25, -0.2) is 0 Å². The highest BCUT2D eigenvalue weighted by Crippen LogP contribution is 2.50. The Morgan fingerprint density at radius 1 is 1.38 bits per heavy atom. The van der Waals surface area contributed by atoms with E-state index in [0.29, 0.717) is 4.87 Å². The van der Waals surface area contributed by atoms with Crippen LogP contribution in [0.5, 0.6) is 0 Å². The van der Waals surface area contributed by atoms with Crippen LogP contribution in [0.15, 0.2) is 0 Å². The van der Waals surface area contributed by atoms with Gasteiger partial charge in [0.15, 0.2) is 0 Å². The van der Waals surface area contributed by atoms with Gasteiger partial charge in [-0.15, -0.1) is 11.8 Å². The normalized spacial score (nSPS) is 44.4. The fraction of sp³-hybridized carbons (Fsp3) is 1.00. The third-order valence-electron chi connectivity index (χ3n) is 4.51. The van der Waals surface area contributed by atoms with Gasteiger partial charge in [0.25, 0.3) is 0 Å². The number of hydrogen-bond donors (Lipinski definition) is 1. The van der Waals surface area contributed by atoms with Crippen molar-refractivity contribution in [2.24, 2.45) is 17.8 Å². The maximum absolute atomic E-state index is 3.98. The van der Waals surface area contributed by atoms with Crippen LogP contribution in [0.4, 0.5) is 0 Å². The summed E-state index contributed by atoms with van der Waals surface area (Å²) in [5, 5.41) is 3.98. The minimum Gasteiger partial charge on any atom is -0.299 e. The summed E-state index contributed by atoms with van der Waals surface area (Å²) in [4.78, 5) is 0.423.